The van der Waals surface area contributed by atoms with Gasteiger partial charge < -0.3 is 4.74 Å². The zero-order chi connectivity index (χ0) is 19.4. The fraction of sp³-hybridized carbons (Fsp3) is 0.105. The maximum absolute atomic E-state index is 12.6. The molecule has 0 aliphatic rings. The summed E-state index contributed by atoms with van der Waals surface area (Å²) in [5.41, 5.74) is 2.07. The number of halogens is 2. The maximum atomic E-state index is 12.6. The van der Waals surface area contributed by atoms with Crippen molar-refractivity contribution >= 4 is 43.2 Å². The van der Waals surface area contributed by atoms with Gasteiger partial charge in [-0.25, -0.2) is 8.42 Å². The molecule has 8 heteroatoms. The van der Waals surface area contributed by atoms with Crippen LogP contribution in [0.25, 0.3) is 0 Å². The van der Waals surface area contributed by atoms with Gasteiger partial charge >= 0.3 is 0 Å². The third-order valence-electron chi connectivity index (χ3n) is 3.66. The summed E-state index contributed by atoms with van der Waals surface area (Å²) >= 11 is 9.53. The van der Waals surface area contributed by atoms with Crippen LogP contribution in [0.15, 0.2) is 70.2 Å². The Hall–Kier alpha value is -2.09. The van der Waals surface area contributed by atoms with Crippen molar-refractivity contribution in [2.24, 2.45) is 0 Å². The average molecular weight is 468 g/mol. The van der Waals surface area contributed by atoms with Gasteiger partial charge in [0.2, 0.25) is 0 Å². The predicted octanol–water partition coefficient (Wildman–Crippen LogP) is 5.19. The van der Waals surface area contributed by atoms with Crippen molar-refractivity contribution in [1.82, 2.24) is 4.98 Å². The molecule has 1 heterocycles. The molecule has 0 unspecified atom stereocenters. The minimum atomic E-state index is -3.75. The van der Waals surface area contributed by atoms with Crippen molar-refractivity contribution in [1.29, 1.82) is 0 Å². The molecule has 5 nitrogen and oxygen atoms in total. The van der Waals surface area contributed by atoms with Gasteiger partial charge in [-0.3, -0.25) is 9.71 Å². The topological polar surface area (TPSA) is 68.3 Å². The Morgan fingerprint density at radius 3 is 2.63 bits per heavy atom. The largest absolute Gasteiger partial charge is 0.486 e. The van der Waals surface area contributed by atoms with Gasteiger partial charge in [0.1, 0.15) is 17.3 Å². The van der Waals surface area contributed by atoms with Crippen LogP contribution in [-0.2, 0) is 16.6 Å². The summed E-state index contributed by atoms with van der Waals surface area (Å²) in [4.78, 5) is 4.33. The minimum absolute atomic E-state index is 0.153. The number of benzene rings is 2. The predicted molar refractivity (Wildman–Crippen MR) is 110 cm³/mol. The molecule has 0 bridgehead atoms. The van der Waals surface area contributed by atoms with Gasteiger partial charge in [0.25, 0.3) is 10.0 Å². The van der Waals surface area contributed by atoms with Crippen LogP contribution in [0.1, 0.15) is 11.3 Å². The van der Waals surface area contributed by atoms with Gasteiger partial charge in [-0.15, -0.1) is 0 Å². The Kier molecular flexibility index (Phi) is 6.04. The number of pyridine rings is 1. The summed E-state index contributed by atoms with van der Waals surface area (Å²) in [6.07, 6.45) is 1.68. The Labute approximate surface area is 171 Å². The first-order valence-corrected chi connectivity index (χ1v) is 10.6. The lowest BCUT2D eigenvalue weighted by Crippen LogP contribution is -2.13. The monoisotopic (exact) mass is 466 g/mol. The standard InChI is InChI=1S/C19H16BrClN2O3S/c1-13-5-8-19(16(20)10-13)27(24,25)23-14-6-7-18(17(21)11-14)26-12-15-4-2-3-9-22-15/h2-11,23H,12H2,1H3. The molecule has 0 spiro atoms. The third-order valence-corrected chi connectivity index (χ3v) is 6.32. The van der Waals surface area contributed by atoms with E-state index in [0.717, 1.165) is 11.3 Å². The van der Waals surface area contributed by atoms with Gasteiger partial charge in [-0.2, -0.15) is 0 Å². The molecule has 0 aliphatic carbocycles. The molecule has 0 radical (unpaired) electrons. The highest BCUT2D eigenvalue weighted by Gasteiger charge is 2.18. The molecule has 3 rings (SSSR count). The van der Waals surface area contributed by atoms with Crippen molar-refractivity contribution in [3.8, 4) is 5.75 Å². The van der Waals surface area contributed by atoms with Gasteiger partial charge in [0, 0.05) is 10.7 Å². The average Bonchev–Trinajstić information content (AvgIpc) is 2.61. The Bertz CT molecular complexity index is 1060. The van der Waals surface area contributed by atoms with E-state index in [0.29, 0.717) is 20.9 Å². The zero-order valence-electron chi connectivity index (χ0n) is 14.3. The molecule has 0 saturated carbocycles. The van der Waals surface area contributed by atoms with E-state index >= 15 is 0 Å². The molecule has 2 aromatic carbocycles. The molecule has 27 heavy (non-hydrogen) atoms. The van der Waals surface area contributed by atoms with E-state index in [-0.39, 0.29) is 11.5 Å². The van der Waals surface area contributed by atoms with E-state index in [4.69, 9.17) is 16.3 Å². The third kappa shape index (κ3) is 5.00. The summed E-state index contributed by atoms with van der Waals surface area (Å²) in [5, 5.41) is 0.300. The molecule has 0 saturated heterocycles. The van der Waals surface area contributed by atoms with Crippen LogP contribution in [0.2, 0.25) is 5.02 Å². The number of hydrogen-bond donors (Lipinski definition) is 1. The van der Waals surface area contributed by atoms with Crippen LogP contribution in [0.5, 0.6) is 5.75 Å². The molecule has 0 fully saturated rings. The van der Waals surface area contributed by atoms with Crippen LogP contribution in [0, 0.1) is 6.92 Å². The second kappa shape index (κ2) is 8.29. The SMILES string of the molecule is Cc1ccc(S(=O)(=O)Nc2ccc(OCc3ccccn3)c(Cl)c2)c(Br)c1. The fourth-order valence-electron chi connectivity index (χ4n) is 2.35. The highest BCUT2D eigenvalue weighted by atomic mass is 79.9. The molecule has 3 aromatic rings. The number of nitrogens with one attached hydrogen (secondary N) is 1. The van der Waals surface area contributed by atoms with Crippen molar-refractivity contribution < 1.29 is 13.2 Å². The quantitative estimate of drug-likeness (QED) is 0.542. The van der Waals surface area contributed by atoms with Gasteiger partial charge in [-0.05, 0) is 70.9 Å². The van der Waals surface area contributed by atoms with E-state index in [1.165, 1.54) is 6.07 Å². The highest BCUT2D eigenvalue weighted by molar-refractivity contribution is 9.10. The van der Waals surface area contributed by atoms with Crippen LogP contribution in [0.4, 0.5) is 5.69 Å². The summed E-state index contributed by atoms with van der Waals surface area (Å²) in [5.74, 6) is 0.446. The molecule has 140 valence electrons. The van der Waals surface area contributed by atoms with Gasteiger partial charge in [-0.1, -0.05) is 23.7 Å². The first-order valence-electron chi connectivity index (χ1n) is 7.96. The second-order valence-corrected chi connectivity index (χ2v) is 8.71. The van der Waals surface area contributed by atoms with Crippen LogP contribution in [-0.4, -0.2) is 13.4 Å². The number of hydrogen-bond acceptors (Lipinski definition) is 4. The molecule has 1 aromatic heterocycles. The first-order chi connectivity index (χ1) is 12.8. The molecule has 0 amide bonds. The van der Waals surface area contributed by atoms with E-state index in [2.05, 4.69) is 25.6 Å². The minimum Gasteiger partial charge on any atom is -0.486 e. The Morgan fingerprint density at radius 2 is 1.96 bits per heavy atom. The summed E-state index contributed by atoms with van der Waals surface area (Å²) in [6.45, 7) is 2.15. The number of ether oxygens (including phenoxy) is 1. The number of rotatable bonds is 6. The van der Waals surface area contributed by atoms with E-state index in [9.17, 15) is 8.42 Å². The Balaban J connectivity index is 1.75. The lowest BCUT2D eigenvalue weighted by Gasteiger charge is -2.12. The van der Waals surface area contributed by atoms with Crippen LogP contribution < -0.4 is 9.46 Å². The number of anilines is 1. The maximum Gasteiger partial charge on any atom is 0.263 e. The molecule has 1 N–H and O–H groups in total. The van der Waals surface area contributed by atoms with Gasteiger partial charge in [0.05, 0.1) is 16.4 Å². The molecular weight excluding hydrogens is 452 g/mol. The zero-order valence-corrected chi connectivity index (χ0v) is 17.5. The van der Waals surface area contributed by atoms with E-state index in [1.807, 2.05) is 25.1 Å². The van der Waals surface area contributed by atoms with E-state index in [1.54, 1.807) is 36.5 Å². The molecular formula is C19H16BrClN2O3S. The number of aromatic nitrogens is 1. The molecule has 0 atom stereocenters. The van der Waals surface area contributed by atoms with Gasteiger partial charge in [0.15, 0.2) is 0 Å². The molecule has 0 aliphatic heterocycles. The smallest absolute Gasteiger partial charge is 0.263 e. The van der Waals surface area contributed by atoms with Crippen molar-refractivity contribution in [3.63, 3.8) is 0 Å². The second-order valence-electron chi connectivity index (χ2n) is 5.79. The number of sulfonamides is 1. The number of nitrogens with zero attached hydrogens (tertiary/aromatic N) is 1. The van der Waals surface area contributed by atoms with E-state index < -0.39 is 10.0 Å². The van der Waals surface area contributed by atoms with Crippen LogP contribution in [0.3, 0.4) is 0 Å². The Morgan fingerprint density at radius 1 is 1.15 bits per heavy atom. The normalized spacial score (nSPS) is 11.2. The van der Waals surface area contributed by atoms with Crippen LogP contribution >= 0.6 is 27.5 Å². The lowest BCUT2D eigenvalue weighted by atomic mass is 10.2. The van der Waals surface area contributed by atoms with Crippen molar-refractivity contribution in [3.05, 3.63) is 81.5 Å². The highest BCUT2D eigenvalue weighted by Crippen LogP contribution is 2.30. The van der Waals surface area contributed by atoms with Crippen molar-refractivity contribution in [2.45, 2.75) is 18.4 Å². The van der Waals surface area contributed by atoms with Crippen molar-refractivity contribution in [2.75, 3.05) is 4.72 Å². The number of aryl methyl sites for hydroxylation is 1. The summed E-state index contributed by atoms with van der Waals surface area (Å²) < 4.78 is 33.9. The fourth-order valence-corrected chi connectivity index (χ4v) is 4.83. The lowest BCUT2D eigenvalue weighted by molar-refractivity contribution is 0.301. The summed E-state index contributed by atoms with van der Waals surface area (Å²) in [7, 11) is -3.75. The first kappa shape index (κ1) is 19.7. The summed E-state index contributed by atoms with van der Waals surface area (Å²) in [6, 6.07) is 15.3.